The summed E-state index contributed by atoms with van der Waals surface area (Å²) in [6.45, 7) is 0.587. The van der Waals surface area contributed by atoms with Gasteiger partial charge in [0.1, 0.15) is 5.75 Å². The van der Waals surface area contributed by atoms with E-state index in [0.717, 1.165) is 28.4 Å². The minimum Gasteiger partial charge on any atom is -0.497 e. The summed E-state index contributed by atoms with van der Waals surface area (Å²) in [5.41, 5.74) is 3.95. The van der Waals surface area contributed by atoms with E-state index in [9.17, 15) is 9.90 Å². The van der Waals surface area contributed by atoms with Crippen molar-refractivity contribution in [1.82, 2.24) is 19.8 Å². The smallest absolute Gasteiger partial charge is 0.335 e. The van der Waals surface area contributed by atoms with Crippen LogP contribution in [0.1, 0.15) is 39.4 Å². The predicted octanol–water partition coefficient (Wildman–Crippen LogP) is 4.75. The van der Waals surface area contributed by atoms with Crippen LogP contribution in [0.25, 0.3) is 5.69 Å². The average molecular weight is 485 g/mol. The molecule has 1 fully saturated rings. The lowest BCUT2D eigenvalue weighted by molar-refractivity contribution is 0.0697. The molecule has 4 aromatic rings. The van der Waals surface area contributed by atoms with Gasteiger partial charge in [0.2, 0.25) is 0 Å². The topological polar surface area (TPSA) is 79.6 Å². The molecule has 5 rings (SSSR count). The zero-order chi connectivity index (χ0) is 24.4. The number of hydrogen-bond acceptors (Lipinski definition) is 4. The molecular formula is C27H24N4O3S. The highest BCUT2D eigenvalue weighted by Gasteiger charge is 2.41. The van der Waals surface area contributed by atoms with Crippen LogP contribution >= 0.6 is 12.2 Å². The molecule has 0 spiro atoms. The number of carboxylic acids is 1. The summed E-state index contributed by atoms with van der Waals surface area (Å²) >= 11 is 5.81. The number of nitrogens with zero attached hydrogens (tertiary/aromatic N) is 3. The largest absolute Gasteiger partial charge is 0.497 e. The van der Waals surface area contributed by atoms with E-state index >= 15 is 0 Å². The fourth-order valence-corrected chi connectivity index (χ4v) is 4.79. The molecule has 2 aromatic heterocycles. The molecule has 1 saturated heterocycles. The third kappa shape index (κ3) is 4.48. The van der Waals surface area contributed by atoms with E-state index in [4.69, 9.17) is 17.0 Å². The van der Waals surface area contributed by atoms with Gasteiger partial charge in [0.25, 0.3) is 0 Å². The summed E-state index contributed by atoms with van der Waals surface area (Å²) in [5, 5.41) is 13.6. The Kier molecular flexibility index (Phi) is 6.20. The van der Waals surface area contributed by atoms with Gasteiger partial charge in [-0.2, -0.15) is 0 Å². The second-order valence-corrected chi connectivity index (χ2v) is 8.65. The number of rotatable bonds is 7. The van der Waals surface area contributed by atoms with Crippen molar-refractivity contribution in [3.8, 4) is 11.4 Å². The van der Waals surface area contributed by atoms with Crippen LogP contribution in [0.4, 0.5) is 0 Å². The average Bonchev–Trinajstić information content (AvgIpc) is 3.49. The number of ether oxygens (including phenoxy) is 1. The normalized spacial score (nSPS) is 17.3. The van der Waals surface area contributed by atoms with Crippen LogP contribution in [-0.2, 0) is 6.54 Å². The van der Waals surface area contributed by atoms with Gasteiger partial charge in [-0.25, -0.2) is 4.79 Å². The summed E-state index contributed by atoms with van der Waals surface area (Å²) in [5.74, 6) is -0.164. The molecule has 2 atom stereocenters. The van der Waals surface area contributed by atoms with E-state index in [-0.39, 0.29) is 17.6 Å². The second kappa shape index (κ2) is 9.60. The Hall–Kier alpha value is -4.17. The molecule has 0 amide bonds. The van der Waals surface area contributed by atoms with Gasteiger partial charge < -0.3 is 24.6 Å². The van der Waals surface area contributed by atoms with Gasteiger partial charge in [0.15, 0.2) is 5.11 Å². The van der Waals surface area contributed by atoms with Gasteiger partial charge in [-0.15, -0.1) is 0 Å². The minimum atomic E-state index is -0.961. The number of carboxylic acid groups (broad SMARTS) is 1. The molecule has 0 radical (unpaired) electrons. The maximum Gasteiger partial charge on any atom is 0.335 e. The van der Waals surface area contributed by atoms with Crippen LogP contribution in [-0.4, -0.2) is 37.7 Å². The summed E-state index contributed by atoms with van der Waals surface area (Å²) in [7, 11) is 1.65. The zero-order valence-electron chi connectivity index (χ0n) is 19.0. The third-order valence-electron chi connectivity index (χ3n) is 6.16. The number of methoxy groups -OCH3 is 1. The van der Waals surface area contributed by atoms with E-state index in [2.05, 4.69) is 15.2 Å². The monoisotopic (exact) mass is 484 g/mol. The number of carbonyl (C=O) groups is 1. The van der Waals surface area contributed by atoms with Gasteiger partial charge in [0.05, 0.1) is 30.5 Å². The van der Waals surface area contributed by atoms with Gasteiger partial charge in [0, 0.05) is 30.3 Å². The molecule has 1 aliphatic rings. The van der Waals surface area contributed by atoms with Crippen LogP contribution in [0.2, 0.25) is 0 Å². The molecule has 2 N–H and O–H groups in total. The Bertz CT molecular complexity index is 1350. The van der Waals surface area contributed by atoms with Crippen LogP contribution in [0.3, 0.4) is 0 Å². The van der Waals surface area contributed by atoms with Gasteiger partial charge >= 0.3 is 5.97 Å². The van der Waals surface area contributed by atoms with Crippen molar-refractivity contribution < 1.29 is 14.6 Å². The summed E-state index contributed by atoms with van der Waals surface area (Å²) in [6, 6.07) is 24.4. The van der Waals surface area contributed by atoms with E-state index in [1.54, 1.807) is 31.5 Å². The number of benzene rings is 2. The molecule has 1 aliphatic heterocycles. The van der Waals surface area contributed by atoms with Crippen molar-refractivity contribution in [1.29, 1.82) is 0 Å². The number of aromatic carboxylic acids is 1. The number of aromatic nitrogens is 2. The van der Waals surface area contributed by atoms with Crippen LogP contribution in [0.15, 0.2) is 91.3 Å². The van der Waals surface area contributed by atoms with Crippen molar-refractivity contribution in [2.75, 3.05) is 7.11 Å². The van der Waals surface area contributed by atoms with E-state index in [1.807, 2.05) is 71.4 Å². The van der Waals surface area contributed by atoms with Crippen molar-refractivity contribution >= 4 is 23.3 Å². The third-order valence-corrected chi connectivity index (χ3v) is 6.52. The summed E-state index contributed by atoms with van der Waals surface area (Å²) in [4.78, 5) is 18.3. The first-order chi connectivity index (χ1) is 17.0. The number of nitrogens with one attached hydrogen (secondary N) is 1. The van der Waals surface area contributed by atoms with Crippen LogP contribution < -0.4 is 10.1 Å². The molecule has 0 aliphatic carbocycles. The standard InChI is InChI=1S/C27H24N4O3S/c1-34-21-12-10-18(11-13-21)17-31-25(24(29-27(31)35)22-8-2-3-14-28-22)23-9-5-15-30(23)20-7-4-6-19(16-20)26(32)33/h2-16,24-25H,17H2,1H3,(H,29,35)(H,32,33)/t24-,25+/m1/s1. The number of pyridine rings is 1. The molecule has 176 valence electrons. The molecule has 3 heterocycles. The minimum absolute atomic E-state index is 0.178. The van der Waals surface area contributed by atoms with Gasteiger partial charge in [-0.1, -0.05) is 24.3 Å². The van der Waals surface area contributed by atoms with E-state index in [0.29, 0.717) is 11.7 Å². The molecule has 0 bridgehead atoms. The summed E-state index contributed by atoms with van der Waals surface area (Å²) in [6.07, 6.45) is 3.72. The molecular weight excluding hydrogens is 460 g/mol. The maximum absolute atomic E-state index is 11.6. The van der Waals surface area contributed by atoms with Crippen molar-refractivity contribution in [2.45, 2.75) is 18.6 Å². The van der Waals surface area contributed by atoms with Crippen LogP contribution in [0.5, 0.6) is 5.75 Å². The Morgan fingerprint density at radius 2 is 1.91 bits per heavy atom. The molecule has 8 heteroatoms. The highest BCUT2D eigenvalue weighted by Crippen LogP contribution is 2.40. The predicted molar refractivity (Wildman–Crippen MR) is 137 cm³/mol. The first-order valence-electron chi connectivity index (χ1n) is 11.2. The van der Waals surface area contributed by atoms with Gasteiger partial charge in [-0.05, 0) is 72.4 Å². The SMILES string of the molecule is COc1ccc(CN2C(=S)N[C@H](c3ccccn3)[C@@H]2c2cccn2-c2cccc(C(=O)O)c2)cc1. The lowest BCUT2D eigenvalue weighted by atomic mass is 10.0. The molecule has 35 heavy (non-hydrogen) atoms. The van der Waals surface area contributed by atoms with Crippen molar-refractivity contribution in [2.24, 2.45) is 0 Å². The number of thiocarbonyl (C=S) groups is 1. The Morgan fingerprint density at radius 1 is 1.09 bits per heavy atom. The first-order valence-corrected chi connectivity index (χ1v) is 11.6. The van der Waals surface area contributed by atoms with Crippen LogP contribution in [0, 0.1) is 0 Å². The highest BCUT2D eigenvalue weighted by molar-refractivity contribution is 7.80. The van der Waals surface area contributed by atoms with Gasteiger partial charge in [-0.3, -0.25) is 4.98 Å². The quantitative estimate of drug-likeness (QED) is 0.367. The second-order valence-electron chi connectivity index (χ2n) is 8.26. The number of hydrogen-bond donors (Lipinski definition) is 2. The maximum atomic E-state index is 11.6. The van der Waals surface area contributed by atoms with Crippen molar-refractivity contribution in [3.63, 3.8) is 0 Å². The Labute approximate surface area is 208 Å². The first kappa shape index (κ1) is 22.6. The lowest BCUT2D eigenvalue weighted by Crippen LogP contribution is -2.30. The lowest BCUT2D eigenvalue weighted by Gasteiger charge is -2.29. The van der Waals surface area contributed by atoms with E-state index < -0.39 is 5.97 Å². The molecule has 2 aromatic carbocycles. The molecule has 7 nitrogen and oxygen atoms in total. The Balaban J connectivity index is 1.58. The molecule has 0 saturated carbocycles. The zero-order valence-corrected chi connectivity index (χ0v) is 19.9. The fraction of sp³-hybridized carbons (Fsp3) is 0.148. The summed E-state index contributed by atoms with van der Waals surface area (Å²) < 4.78 is 7.32. The highest BCUT2D eigenvalue weighted by atomic mass is 32.1. The molecule has 0 unspecified atom stereocenters. The van der Waals surface area contributed by atoms with Crippen molar-refractivity contribution in [3.05, 3.63) is 114 Å². The Morgan fingerprint density at radius 3 is 2.63 bits per heavy atom. The fourth-order valence-electron chi connectivity index (χ4n) is 4.48. The van der Waals surface area contributed by atoms with E-state index in [1.165, 1.54) is 0 Å².